The molecule has 0 N–H and O–H groups in total. The van der Waals surface area contributed by atoms with Gasteiger partial charge in [0.25, 0.3) is 0 Å². The molecule has 2 radical (unpaired) electrons. The van der Waals surface area contributed by atoms with Crippen LogP contribution >= 0.6 is 0 Å². The lowest BCUT2D eigenvalue weighted by molar-refractivity contribution is -0.107. The topological polar surface area (TPSA) is 17.1 Å². The van der Waals surface area contributed by atoms with Crippen LogP contribution in [0.4, 0.5) is 0 Å². The molecule has 0 spiro atoms. The summed E-state index contributed by atoms with van der Waals surface area (Å²) in [5.74, 6) is 0. The van der Waals surface area contributed by atoms with E-state index < -0.39 is 5.68 Å². The standard InChI is InChI=1S/C14H15BO/c1-3-4-5-10-13(14(15)16)12-9-7-6-8-11(12)2/h4-10H,3H2,1-2H3/b5-4+,13-10+. The molecule has 0 saturated heterocycles. The molecule has 1 rings (SSSR count). The Morgan fingerprint density at radius 1 is 1.38 bits per heavy atom. The van der Waals surface area contributed by atoms with Gasteiger partial charge in [0.2, 0.25) is 0 Å². The highest BCUT2D eigenvalue weighted by molar-refractivity contribution is 6.69. The van der Waals surface area contributed by atoms with Gasteiger partial charge in [-0.05, 0) is 24.5 Å². The third-order valence-corrected chi connectivity index (χ3v) is 2.34. The van der Waals surface area contributed by atoms with Crippen molar-refractivity contribution < 1.29 is 4.79 Å². The van der Waals surface area contributed by atoms with Gasteiger partial charge in [-0.2, -0.15) is 0 Å². The van der Waals surface area contributed by atoms with Crippen LogP contribution in [-0.2, 0) is 4.79 Å². The predicted molar refractivity (Wildman–Crippen MR) is 69.3 cm³/mol. The fourth-order valence-corrected chi connectivity index (χ4v) is 1.48. The van der Waals surface area contributed by atoms with Gasteiger partial charge in [0.1, 0.15) is 5.68 Å². The van der Waals surface area contributed by atoms with Gasteiger partial charge in [0.05, 0.1) is 0 Å². The van der Waals surface area contributed by atoms with Crippen molar-refractivity contribution in [3.05, 3.63) is 53.6 Å². The van der Waals surface area contributed by atoms with Gasteiger partial charge >= 0.3 is 0 Å². The molecule has 0 amide bonds. The number of carbonyl (C=O) groups excluding carboxylic acids is 1. The maximum absolute atomic E-state index is 11.4. The Balaban J connectivity index is 3.13. The summed E-state index contributed by atoms with van der Waals surface area (Å²) in [5.41, 5.74) is 2.12. The first-order chi connectivity index (χ1) is 7.66. The molecule has 1 aromatic carbocycles. The minimum Gasteiger partial charge on any atom is -0.307 e. The summed E-state index contributed by atoms with van der Waals surface area (Å²) in [5, 5.41) is 0. The molecule has 16 heavy (non-hydrogen) atoms. The molecule has 80 valence electrons. The molecule has 0 saturated carbocycles. The average molecular weight is 210 g/mol. The minimum atomic E-state index is -0.393. The lowest BCUT2D eigenvalue weighted by Gasteiger charge is -2.07. The van der Waals surface area contributed by atoms with E-state index in [4.69, 9.17) is 7.85 Å². The minimum absolute atomic E-state index is 0.393. The van der Waals surface area contributed by atoms with Crippen LogP contribution in [0.3, 0.4) is 0 Å². The summed E-state index contributed by atoms with van der Waals surface area (Å²) in [6.07, 6.45) is 6.57. The largest absolute Gasteiger partial charge is 0.307 e. The summed E-state index contributed by atoms with van der Waals surface area (Å²) in [7, 11) is 5.38. The molecule has 0 aliphatic carbocycles. The Morgan fingerprint density at radius 3 is 2.62 bits per heavy atom. The Bertz CT molecular complexity index is 430. The molecule has 2 heteroatoms. The maximum atomic E-state index is 11.4. The van der Waals surface area contributed by atoms with Gasteiger partial charge in [0, 0.05) is 5.57 Å². The lowest BCUT2D eigenvalue weighted by atomic mass is 9.87. The van der Waals surface area contributed by atoms with Crippen LogP contribution in [0, 0.1) is 6.92 Å². The van der Waals surface area contributed by atoms with Crippen LogP contribution in [-0.4, -0.2) is 13.5 Å². The number of hydrogen-bond donors (Lipinski definition) is 0. The number of carbonyl (C=O) groups is 1. The van der Waals surface area contributed by atoms with E-state index in [2.05, 4.69) is 0 Å². The fourth-order valence-electron chi connectivity index (χ4n) is 1.48. The van der Waals surface area contributed by atoms with E-state index in [0.29, 0.717) is 5.57 Å². The molecule has 0 heterocycles. The van der Waals surface area contributed by atoms with E-state index in [1.807, 2.05) is 50.3 Å². The zero-order valence-electron chi connectivity index (χ0n) is 9.73. The van der Waals surface area contributed by atoms with Crippen molar-refractivity contribution in [2.24, 2.45) is 0 Å². The van der Waals surface area contributed by atoms with E-state index in [1.165, 1.54) is 0 Å². The molecular formula is C14H15BO. The van der Waals surface area contributed by atoms with E-state index in [-0.39, 0.29) is 0 Å². The molecule has 0 atom stereocenters. The first kappa shape index (κ1) is 12.5. The van der Waals surface area contributed by atoms with Crippen molar-refractivity contribution >= 4 is 19.1 Å². The highest BCUT2D eigenvalue weighted by Crippen LogP contribution is 2.18. The zero-order valence-corrected chi connectivity index (χ0v) is 9.73. The molecule has 1 nitrogen and oxygen atoms in total. The molecule has 0 aliphatic heterocycles. The van der Waals surface area contributed by atoms with Gasteiger partial charge in [-0.3, -0.25) is 0 Å². The molecule has 0 fully saturated rings. The maximum Gasteiger partial charge on any atom is 0.175 e. The molecule has 0 unspecified atom stereocenters. The first-order valence-corrected chi connectivity index (χ1v) is 5.39. The third-order valence-electron chi connectivity index (χ3n) is 2.34. The monoisotopic (exact) mass is 210 g/mol. The molecule has 1 aromatic rings. The normalized spacial score (nSPS) is 12.0. The fraction of sp³-hybridized carbons (Fsp3) is 0.214. The van der Waals surface area contributed by atoms with Crippen molar-refractivity contribution in [2.45, 2.75) is 20.3 Å². The van der Waals surface area contributed by atoms with Gasteiger partial charge in [-0.15, -0.1) is 0 Å². The first-order valence-electron chi connectivity index (χ1n) is 5.39. The second kappa shape index (κ2) is 6.11. The van der Waals surface area contributed by atoms with Crippen LogP contribution < -0.4 is 0 Å². The van der Waals surface area contributed by atoms with Gasteiger partial charge in [-0.25, -0.2) is 0 Å². The number of allylic oxidation sites excluding steroid dienone is 4. The quantitative estimate of drug-likeness (QED) is 0.424. The van der Waals surface area contributed by atoms with Crippen molar-refractivity contribution in [2.75, 3.05) is 0 Å². The van der Waals surface area contributed by atoms with Crippen molar-refractivity contribution in [1.82, 2.24) is 0 Å². The number of aryl methyl sites for hydroxylation is 1. The Kier molecular flexibility index (Phi) is 4.78. The second-order valence-electron chi connectivity index (χ2n) is 3.60. The van der Waals surface area contributed by atoms with Crippen LogP contribution in [0.5, 0.6) is 0 Å². The number of rotatable bonds is 4. The number of benzene rings is 1. The molecular weight excluding hydrogens is 195 g/mol. The van der Waals surface area contributed by atoms with E-state index in [9.17, 15) is 4.79 Å². The zero-order chi connectivity index (χ0) is 12.0. The Morgan fingerprint density at radius 2 is 2.06 bits per heavy atom. The third kappa shape index (κ3) is 3.23. The van der Waals surface area contributed by atoms with Gasteiger partial charge in [-0.1, -0.05) is 49.4 Å². The summed E-state index contributed by atoms with van der Waals surface area (Å²) in [4.78, 5) is 11.4. The number of hydrogen-bond acceptors (Lipinski definition) is 1. The van der Waals surface area contributed by atoms with Crippen molar-refractivity contribution in [1.29, 1.82) is 0 Å². The van der Waals surface area contributed by atoms with Crippen LogP contribution in [0.25, 0.3) is 5.57 Å². The van der Waals surface area contributed by atoms with E-state index in [1.54, 1.807) is 6.08 Å². The summed E-state index contributed by atoms with van der Waals surface area (Å²) in [6, 6.07) is 7.73. The van der Waals surface area contributed by atoms with E-state index >= 15 is 0 Å². The van der Waals surface area contributed by atoms with Gasteiger partial charge in [0.15, 0.2) is 7.85 Å². The summed E-state index contributed by atoms with van der Waals surface area (Å²) < 4.78 is 0. The lowest BCUT2D eigenvalue weighted by Crippen LogP contribution is -2.01. The smallest absolute Gasteiger partial charge is 0.175 e. The van der Waals surface area contributed by atoms with Crippen molar-refractivity contribution in [3.63, 3.8) is 0 Å². The highest BCUT2D eigenvalue weighted by atomic mass is 16.1. The Hall–Kier alpha value is -1.57. The van der Waals surface area contributed by atoms with Crippen LogP contribution in [0.2, 0.25) is 0 Å². The SMILES string of the molecule is [B]C(=O)/C(=C/C=C/CC)c1ccccc1C. The predicted octanol–water partition coefficient (Wildman–Crippen LogP) is 3.04. The molecule has 0 bridgehead atoms. The second-order valence-corrected chi connectivity index (χ2v) is 3.60. The molecule has 0 aromatic heterocycles. The van der Waals surface area contributed by atoms with Gasteiger partial charge < -0.3 is 4.79 Å². The summed E-state index contributed by atoms with van der Waals surface area (Å²) >= 11 is 0. The highest BCUT2D eigenvalue weighted by Gasteiger charge is 2.07. The van der Waals surface area contributed by atoms with Crippen molar-refractivity contribution in [3.8, 4) is 0 Å². The summed E-state index contributed by atoms with van der Waals surface area (Å²) in [6.45, 7) is 4.01. The molecule has 0 aliphatic rings. The Labute approximate surface area is 98.3 Å². The van der Waals surface area contributed by atoms with Crippen LogP contribution in [0.1, 0.15) is 24.5 Å². The van der Waals surface area contributed by atoms with Crippen LogP contribution in [0.15, 0.2) is 42.5 Å². The van der Waals surface area contributed by atoms with E-state index in [0.717, 1.165) is 17.5 Å². The average Bonchev–Trinajstić information content (AvgIpc) is 2.25.